The van der Waals surface area contributed by atoms with Crippen LogP contribution in [0.15, 0.2) is 77.5 Å². The van der Waals surface area contributed by atoms with Crippen molar-refractivity contribution >= 4 is 23.1 Å². The molecule has 0 spiro atoms. The minimum Gasteiger partial charge on any atom is -0.491 e. The first-order chi connectivity index (χ1) is 20.6. The molecule has 0 saturated carbocycles. The number of ether oxygens (including phenoxy) is 2. The van der Waals surface area contributed by atoms with Gasteiger partial charge < -0.3 is 29.4 Å². The Labute approximate surface area is 244 Å². The maximum Gasteiger partial charge on any atom is 0.266 e. The fourth-order valence-electron chi connectivity index (χ4n) is 4.89. The smallest absolute Gasteiger partial charge is 0.266 e. The van der Waals surface area contributed by atoms with Crippen LogP contribution in [0.5, 0.6) is 5.75 Å². The number of aromatic nitrogens is 5. The molecule has 4 heterocycles. The zero-order chi connectivity index (χ0) is 28.7. The summed E-state index contributed by atoms with van der Waals surface area (Å²) in [6.45, 7) is 7.33. The number of nitrogens with zero attached hydrogens (tertiary/aromatic N) is 8. The van der Waals surface area contributed by atoms with Crippen LogP contribution in [0.1, 0.15) is 5.56 Å². The molecule has 2 aromatic carbocycles. The van der Waals surface area contributed by atoms with E-state index in [1.165, 1.54) is 22.0 Å². The van der Waals surface area contributed by atoms with E-state index in [-0.39, 0.29) is 5.95 Å². The zero-order valence-electron chi connectivity index (χ0n) is 23.7. The topological polar surface area (TPSA) is 123 Å². The summed E-state index contributed by atoms with van der Waals surface area (Å²) in [6, 6.07) is 20.4. The Bertz CT molecular complexity index is 1550. The predicted octanol–water partition coefficient (Wildman–Crippen LogP) is 3.22. The first-order valence-corrected chi connectivity index (χ1v) is 14.1. The SMILES string of the molecule is CN(CCN1CCN(c2ccc(OCCOCc3ccccc3)cc2)CC1)c1cc2nc(-c3ncco3)nn2c(N)n1. The van der Waals surface area contributed by atoms with Crippen LogP contribution < -0.4 is 20.3 Å². The molecule has 0 aliphatic carbocycles. The van der Waals surface area contributed by atoms with Gasteiger partial charge in [-0.2, -0.15) is 9.50 Å². The molecule has 12 nitrogen and oxygen atoms in total. The Balaban J connectivity index is 0.932. The molecule has 3 aromatic heterocycles. The molecule has 0 radical (unpaired) electrons. The molecule has 0 atom stereocenters. The van der Waals surface area contributed by atoms with Crippen molar-refractivity contribution in [1.82, 2.24) is 29.5 Å². The third-order valence-electron chi connectivity index (χ3n) is 7.28. The zero-order valence-corrected chi connectivity index (χ0v) is 23.7. The molecule has 0 unspecified atom stereocenters. The minimum absolute atomic E-state index is 0.265. The van der Waals surface area contributed by atoms with Crippen LogP contribution >= 0.6 is 0 Å². The highest BCUT2D eigenvalue weighted by molar-refractivity contribution is 5.58. The number of likely N-dealkylation sites (N-methyl/N-ethyl adjacent to an activating group) is 1. The third-order valence-corrected chi connectivity index (χ3v) is 7.28. The minimum atomic E-state index is 0.265. The second kappa shape index (κ2) is 12.9. The lowest BCUT2D eigenvalue weighted by Gasteiger charge is -2.36. The summed E-state index contributed by atoms with van der Waals surface area (Å²) in [7, 11) is 2.01. The fourth-order valence-corrected chi connectivity index (χ4v) is 4.89. The van der Waals surface area contributed by atoms with E-state index >= 15 is 0 Å². The highest BCUT2D eigenvalue weighted by atomic mass is 16.5. The van der Waals surface area contributed by atoms with Crippen LogP contribution in [0.25, 0.3) is 17.4 Å². The fraction of sp³-hybridized carbons (Fsp3) is 0.333. The van der Waals surface area contributed by atoms with Gasteiger partial charge in [0.15, 0.2) is 5.65 Å². The molecule has 5 aromatic rings. The number of hydrogen-bond donors (Lipinski definition) is 1. The second-order valence-electron chi connectivity index (χ2n) is 10.1. The van der Waals surface area contributed by atoms with Gasteiger partial charge in [-0.25, -0.2) is 9.97 Å². The highest BCUT2D eigenvalue weighted by Crippen LogP contribution is 2.22. The third kappa shape index (κ3) is 6.61. The van der Waals surface area contributed by atoms with E-state index in [2.05, 4.69) is 59.0 Å². The van der Waals surface area contributed by atoms with Crippen molar-refractivity contribution in [2.24, 2.45) is 0 Å². The van der Waals surface area contributed by atoms with Crippen molar-refractivity contribution < 1.29 is 13.9 Å². The summed E-state index contributed by atoms with van der Waals surface area (Å²) in [4.78, 5) is 20.1. The van der Waals surface area contributed by atoms with Crippen LogP contribution in [0.3, 0.4) is 0 Å². The molecule has 1 fully saturated rings. The standard InChI is InChI=1S/C30H35N9O3/c1-36(26-21-27-33-28(29-32-11-18-42-29)35-39(27)30(31)34-26)12-13-37-14-16-38(17-15-37)24-7-9-25(10-8-24)41-20-19-40-22-23-5-3-2-4-6-23/h2-11,18,21H,12-17,19-20,22H2,1H3,(H2,31,34). The molecule has 42 heavy (non-hydrogen) atoms. The molecule has 12 heteroatoms. The van der Waals surface area contributed by atoms with Crippen molar-refractivity contribution in [3.8, 4) is 17.5 Å². The number of nitrogens with two attached hydrogens (primary N) is 1. The van der Waals surface area contributed by atoms with Crippen LogP contribution in [0.4, 0.5) is 17.5 Å². The normalized spacial score (nSPS) is 14.0. The lowest BCUT2D eigenvalue weighted by atomic mass is 10.2. The molecule has 0 bridgehead atoms. The maximum atomic E-state index is 6.18. The van der Waals surface area contributed by atoms with E-state index in [1.54, 1.807) is 6.20 Å². The van der Waals surface area contributed by atoms with E-state index in [0.717, 1.165) is 50.8 Å². The Kier molecular flexibility index (Phi) is 8.43. The van der Waals surface area contributed by atoms with Crippen LogP contribution in [-0.4, -0.2) is 89.0 Å². The number of piperazine rings is 1. The molecule has 1 saturated heterocycles. The monoisotopic (exact) mass is 569 g/mol. The summed E-state index contributed by atoms with van der Waals surface area (Å²) in [5.74, 6) is 2.58. The maximum absolute atomic E-state index is 6.18. The average molecular weight is 570 g/mol. The number of hydrogen-bond acceptors (Lipinski definition) is 11. The van der Waals surface area contributed by atoms with Gasteiger partial charge >= 0.3 is 0 Å². The number of benzene rings is 2. The van der Waals surface area contributed by atoms with E-state index < -0.39 is 0 Å². The van der Waals surface area contributed by atoms with Gasteiger partial charge in [-0.1, -0.05) is 30.3 Å². The van der Waals surface area contributed by atoms with Crippen molar-refractivity contribution in [3.63, 3.8) is 0 Å². The van der Waals surface area contributed by atoms with Crippen LogP contribution in [0.2, 0.25) is 0 Å². The summed E-state index contributed by atoms with van der Waals surface area (Å²) in [5, 5.41) is 4.36. The molecule has 218 valence electrons. The van der Waals surface area contributed by atoms with Gasteiger partial charge in [-0.15, -0.1) is 5.10 Å². The van der Waals surface area contributed by atoms with Crippen molar-refractivity contribution in [2.75, 3.05) is 75.1 Å². The summed E-state index contributed by atoms with van der Waals surface area (Å²) < 4.78 is 18.4. The Hall–Kier alpha value is -4.68. The molecule has 0 amide bonds. The Morgan fingerprint density at radius 1 is 0.976 bits per heavy atom. The highest BCUT2D eigenvalue weighted by Gasteiger charge is 2.19. The van der Waals surface area contributed by atoms with E-state index in [4.69, 9.17) is 19.6 Å². The lowest BCUT2D eigenvalue weighted by Crippen LogP contribution is -2.48. The molecule has 2 N–H and O–H groups in total. The molecular formula is C30H35N9O3. The van der Waals surface area contributed by atoms with Gasteiger partial charge in [-0.3, -0.25) is 4.90 Å². The van der Waals surface area contributed by atoms with E-state index in [1.807, 2.05) is 43.4 Å². The van der Waals surface area contributed by atoms with Gasteiger partial charge in [-0.05, 0) is 29.8 Å². The summed E-state index contributed by atoms with van der Waals surface area (Å²) >= 11 is 0. The van der Waals surface area contributed by atoms with Gasteiger partial charge in [0, 0.05) is 58.1 Å². The number of nitrogen functional groups attached to an aromatic ring is 1. The molecular weight excluding hydrogens is 534 g/mol. The molecule has 6 rings (SSSR count). The summed E-state index contributed by atoms with van der Waals surface area (Å²) in [6.07, 6.45) is 3.04. The largest absolute Gasteiger partial charge is 0.491 e. The predicted molar refractivity (Wildman–Crippen MR) is 161 cm³/mol. The number of rotatable bonds is 12. The Morgan fingerprint density at radius 3 is 2.55 bits per heavy atom. The lowest BCUT2D eigenvalue weighted by molar-refractivity contribution is 0.0889. The van der Waals surface area contributed by atoms with Gasteiger partial charge in [0.05, 0.1) is 19.4 Å². The second-order valence-corrected chi connectivity index (χ2v) is 10.1. The van der Waals surface area contributed by atoms with Gasteiger partial charge in [0.25, 0.3) is 5.89 Å². The Morgan fingerprint density at radius 2 is 1.79 bits per heavy atom. The van der Waals surface area contributed by atoms with E-state index in [0.29, 0.717) is 37.2 Å². The average Bonchev–Trinajstić information content (AvgIpc) is 3.72. The van der Waals surface area contributed by atoms with Crippen molar-refractivity contribution in [2.45, 2.75) is 6.61 Å². The number of oxazole rings is 1. The summed E-state index contributed by atoms with van der Waals surface area (Å²) in [5.41, 5.74) is 9.15. The number of fused-ring (bicyclic) bond motifs is 1. The van der Waals surface area contributed by atoms with Gasteiger partial charge in [0.1, 0.15) is 24.4 Å². The first kappa shape index (κ1) is 27.5. The van der Waals surface area contributed by atoms with Crippen LogP contribution in [-0.2, 0) is 11.3 Å². The van der Waals surface area contributed by atoms with Gasteiger partial charge in [0.2, 0.25) is 11.8 Å². The molecule has 1 aliphatic rings. The van der Waals surface area contributed by atoms with Crippen molar-refractivity contribution in [1.29, 1.82) is 0 Å². The van der Waals surface area contributed by atoms with E-state index in [9.17, 15) is 0 Å². The quantitative estimate of drug-likeness (QED) is 0.223. The first-order valence-electron chi connectivity index (χ1n) is 14.1. The number of anilines is 3. The van der Waals surface area contributed by atoms with Crippen molar-refractivity contribution in [3.05, 3.63) is 78.7 Å². The van der Waals surface area contributed by atoms with Crippen LogP contribution in [0, 0.1) is 0 Å². The molecule has 1 aliphatic heterocycles.